The van der Waals surface area contributed by atoms with Crippen LogP contribution < -0.4 is 0 Å². The second kappa shape index (κ2) is 2.83. The van der Waals surface area contributed by atoms with E-state index in [9.17, 15) is 4.79 Å². The Balaban J connectivity index is 2.39. The van der Waals surface area contributed by atoms with Gasteiger partial charge in [0.05, 0.1) is 0 Å². The van der Waals surface area contributed by atoms with Gasteiger partial charge in [-0.15, -0.1) is 0 Å². The van der Waals surface area contributed by atoms with E-state index in [1.54, 1.807) is 6.08 Å². The summed E-state index contributed by atoms with van der Waals surface area (Å²) in [5.74, 6) is 0.758. The van der Waals surface area contributed by atoms with Gasteiger partial charge in [0.25, 0.3) is 0 Å². The summed E-state index contributed by atoms with van der Waals surface area (Å²) in [5, 5.41) is 0. The Morgan fingerprint density at radius 2 is 2.31 bits per heavy atom. The Labute approximate surface area is 79.5 Å². The molecule has 1 fully saturated rings. The van der Waals surface area contributed by atoms with E-state index in [0.717, 1.165) is 0 Å². The Morgan fingerprint density at radius 3 is 3.08 bits per heavy atom. The molecule has 0 N–H and O–H groups in total. The lowest BCUT2D eigenvalue weighted by Crippen LogP contribution is -2.29. The molecule has 0 unspecified atom stereocenters. The van der Waals surface area contributed by atoms with Gasteiger partial charge in [-0.05, 0) is 30.9 Å². The average Bonchev–Trinajstić information content (AvgIpc) is 2.08. The van der Waals surface area contributed by atoms with Crippen LogP contribution in [-0.2, 0) is 4.79 Å². The van der Waals surface area contributed by atoms with Gasteiger partial charge >= 0.3 is 0 Å². The van der Waals surface area contributed by atoms with Crippen LogP contribution in [0.15, 0.2) is 23.8 Å². The lowest BCUT2D eigenvalue weighted by atomic mass is 9.65. The minimum Gasteiger partial charge on any atom is -0.290 e. The molecule has 70 valence electrons. The lowest BCUT2D eigenvalue weighted by Gasteiger charge is -2.39. The fourth-order valence-electron chi connectivity index (χ4n) is 2.59. The lowest BCUT2D eigenvalue weighted by molar-refractivity contribution is -0.110. The van der Waals surface area contributed by atoms with Gasteiger partial charge in [0, 0.05) is 5.41 Å². The summed E-state index contributed by atoms with van der Waals surface area (Å²) in [5.41, 5.74) is 1.54. The molecular formula is C12H16O. The number of hydrogen-bond acceptors (Lipinski definition) is 1. The molecule has 0 saturated heterocycles. The third-order valence-electron chi connectivity index (χ3n) is 3.44. The first kappa shape index (κ1) is 8.74. The van der Waals surface area contributed by atoms with E-state index in [4.69, 9.17) is 0 Å². The molecule has 0 bridgehead atoms. The second-order valence-electron chi connectivity index (χ2n) is 4.55. The average molecular weight is 176 g/mol. The van der Waals surface area contributed by atoms with Gasteiger partial charge in [-0.1, -0.05) is 31.9 Å². The molecule has 2 atom stereocenters. The SMILES string of the molecule is C[C@@H]1CCC[C@]2(C)C=CC(=O)C=C12. The number of carbonyl (C=O) groups is 1. The van der Waals surface area contributed by atoms with E-state index >= 15 is 0 Å². The van der Waals surface area contributed by atoms with Gasteiger partial charge in [-0.25, -0.2) is 0 Å². The molecule has 0 aromatic carbocycles. The van der Waals surface area contributed by atoms with Crippen LogP contribution in [0.25, 0.3) is 0 Å². The molecule has 0 radical (unpaired) electrons. The Bertz CT molecular complexity index is 298. The smallest absolute Gasteiger partial charge is 0.178 e. The van der Waals surface area contributed by atoms with Gasteiger partial charge in [-0.2, -0.15) is 0 Å². The molecular weight excluding hydrogens is 160 g/mol. The van der Waals surface area contributed by atoms with Crippen molar-refractivity contribution in [2.24, 2.45) is 11.3 Å². The predicted molar refractivity (Wildman–Crippen MR) is 53.4 cm³/mol. The van der Waals surface area contributed by atoms with Crippen LogP contribution in [0.5, 0.6) is 0 Å². The topological polar surface area (TPSA) is 17.1 Å². The largest absolute Gasteiger partial charge is 0.290 e. The monoisotopic (exact) mass is 176 g/mol. The molecule has 0 aliphatic heterocycles. The molecule has 0 spiro atoms. The van der Waals surface area contributed by atoms with Gasteiger partial charge in [-0.3, -0.25) is 4.79 Å². The van der Waals surface area contributed by atoms with Gasteiger partial charge in [0.15, 0.2) is 5.78 Å². The molecule has 1 saturated carbocycles. The summed E-state index contributed by atoms with van der Waals surface area (Å²) in [6.07, 6.45) is 9.40. The number of hydrogen-bond donors (Lipinski definition) is 0. The van der Waals surface area contributed by atoms with Crippen molar-refractivity contribution in [3.05, 3.63) is 23.8 Å². The van der Waals surface area contributed by atoms with Crippen molar-refractivity contribution >= 4 is 5.78 Å². The third-order valence-corrected chi connectivity index (χ3v) is 3.44. The van der Waals surface area contributed by atoms with Crippen LogP contribution in [0, 0.1) is 11.3 Å². The van der Waals surface area contributed by atoms with E-state index < -0.39 is 0 Å². The zero-order valence-corrected chi connectivity index (χ0v) is 8.34. The predicted octanol–water partition coefficient (Wildman–Crippen LogP) is 2.88. The first-order valence-corrected chi connectivity index (χ1v) is 5.07. The number of carbonyl (C=O) groups excluding carboxylic acids is 1. The molecule has 1 nitrogen and oxygen atoms in total. The van der Waals surface area contributed by atoms with Crippen molar-refractivity contribution < 1.29 is 4.79 Å². The molecule has 0 amide bonds. The highest BCUT2D eigenvalue weighted by Crippen LogP contribution is 2.46. The van der Waals surface area contributed by atoms with Crippen LogP contribution in [0.1, 0.15) is 33.1 Å². The number of fused-ring (bicyclic) bond motifs is 1. The van der Waals surface area contributed by atoms with Crippen LogP contribution in [-0.4, -0.2) is 5.78 Å². The van der Waals surface area contributed by atoms with Gasteiger partial charge < -0.3 is 0 Å². The van der Waals surface area contributed by atoms with Crippen molar-refractivity contribution in [1.29, 1.82) is 0 Å². The first-order valence-electron chi connectivity index (χ1n) is 5.07. The molecule has 2 aliphatic rings. The highest BCUT2D eigenvalue weighted by molar-refractivity contribution is 6.01. The second-order valence-corrected chi connectivity index (χ2v) is 4.55. The molecule has 2 rings (SSSR count). The molecule has 13 heavy (non-hydrogen) atoms. The molecule has 1 heteroatoms. The van der Waals surface area contributed by atoms with Gasteiger partial charge in [0.2, 0.25) is 0 Å². The molecule has 2 aliphatic carbocycles. The summed E-state index contributed by atoms with van der Waals surface area (Å²) >= 11 is 0. The quantitative estimate of drug-likeness (QED) is 0.554. The Hall–Kier alpha value is -0.850. The van der Waals surface area contributed by atoms with E-state index in [1.807, 2.05) is 6.08 Å². The van der Waals surface area contributed by atoms with E-state index in [-0.39, 0.29) is 11.2 Å². The zero-order chi connectivity index (χ0) is 9.47. The minimum atomic E-state index is 0.168. The number of allylic oxidation sites excluding steroid dienone is 4. The van der Waals surface area contributed by atoms with Crippen LogP contribution in [0.4, 0.5) is 0 Å². The first-order chi connectivity index (χ1) is 6.12. The van der Waals surface area contributed by atoms with Gasteiger partial charge in [0.1, 0.15) is 0 Å². The van der Waals surface area contributed by atoms with Crippen molar-refractivity contribution in [1.82, 2.24) is 0 Å². The number of ketones is 1. The Kier molecular flexibility index (Phi) is 1.90. The third kappa shape index (κ3) is 1.37. The summed E-state index contributed by atoms with van der Waals surface area (Å²) in [6, 6.07) is 0. The molecule has 0 heterocycles. The van der Waals surface area contributed by atoms with E-state index in [0.29, 0.717) is 5.92 Å². The Morgan fingerprint density at radius 1 is 1.54 bits per heavy atom. The van der Waals surface area contributed by atoms with Crippen molar-refractivity contribution in [2.75, 3.05) is 0 Å². The maximum Gasteiger partial charge on any atom is 0.178 e. The van der Waals surface area contributed by atoms with Crippen LogP contribution in [0.3, 0.4) is 0 Å². The van der Waals surface area contributed by atoms with Crippen molar-refractivity contribution in [3.63, 3.8) is 0 Å². The normalized spacial score (nSPS) is 38.5. The fraction of sp³-hybridized carbons (Fsp3) is 0.583. The van der Waals surface area contributed by atoms with E-state index in [2.05, 4.69) is 19.9 Å². The molecule has 0 aromatic rings. The summed E-state index contributed by atoms with van der Waals surface area (Å²) < 4.78 is 0. The van der Waals surface area contributed by atoms with Crippen molar-refractivity contribution in [2.45, 2.75) is 33.1 Å². The number of rotatable bonds is 0. The van der Waals surface area contributed by atoms with Crippen LogP contribution >= 0.6 is 0 Å². The zero-order valence-electron chi connectivity index (χ0n) is 8.34. The van der Waals surface area contributed by atoms with Crippen LogP contribution in [0.2, 0.25) is 0 Å². The molecule has 0 aromatic heterocycles. The van der Waals surface area contributed by atoms with E-state index in [1.165, 1.54) is 24.8 Å². The standard InChI is InChI=1S/C12H16O/c1-9-4-3-6-12(2)7-5-10(13)8-11(9)12/h5,7-9H,3-4,6H2,1-2H3/t9-,12-/m1/s1. The minimum absolute atomic E-state index is 0.168. The fourth-order valence-corrected chi connectivity index (χ4v) is 2.59. The summed E-state index contributed by atoms with van der Waals surface area (Å²) in [4.78, 5) is 11.2. The highest BCUT2D eigenvalue weighted by Gasteiger charge is 2.35. The maximum absolute atomic E-state index is 11.2. The van der Waals surface area contributed by atoms with Crippen molar-refractivity contribution in [3.8, 4) is 0 Å². The highest BCUT2D eigenvalue weighted by atomic mass is 16.1. The summed E-state index contributed by atoms with van der Waals surface area (Å²) in [7, 11) is 0. The summed E-state index contributed by atoms with van der Waals surface area (Å²) in [6.45, 7) is 4.48. The maximum atomic E-state index is 11.2.